The molecule has 168 valence electrons. The zero-order valence-corrected chi connectivity index (χ0v) is 20.7. The summed E-state index contributed by atoms with van der Waals surface area (Å²) in [5, 5.41) is 13.4. The number of nitriles is 1. The van der Waals surface area contributed by atoms with E-state index in [9.17, 15) is 10.1 Å². The van der Waals surface area contributed by atoms with Gasteiger partial charge in [-0.3, -0.25) is 4.79 Å². The highest BCUT2D eigenvalue weighted by atomic mass is 79.9. The largest absolute Gasteiger partial charge is 0.490 e. The fourth-order valence-corrected chi connectivity index (χ4v) is 3.78. The van der Waals surface area contributed by atoms with Gasteiger partial charge < -0.3 is 14.8 Å². The van der Waals surface area contributed by atoms with E-state index in [2.05, 4.69) is 21.2 Å². The van der Waals surface area contributed by atoms with E-state index in [4.69, 9.17) is 32.7 Å². The number of amides is 1. The number of halogens is 3. The Hall–Kier alpha value is -2.98. The molecule has 0 spiro atoms. The molecule has 33 heavy (non-hydrogen) atoms. The second-order valence-corrected chi connectivity index (χ2v) is 8.47. The fraction of sp³-hybridized carbons (Fsp3) is 0.120. The molecule has 0 bridgehead atoms. The van der Waals surface area contributed by atoms with Crippen molar-refractivity contribution in [2.75, 3.05) is 11.9 Å². The smallest absolute Gasteiger partial charge is 0.266 e. The predicted octanol–water partition coefficient (Wildman–Crippen LogP) is 7.28. The Kier molecular flexibility index (Phi) is 8.79. The van der Waals surface area contributed by atoms with Gasteiger partial charge in [-0.2, -0.15) is 5.26 Å². The van der Waals surface area contributed by atoms with Gasteiger partial charge in [0, 0.05) is 21.3 Å². The molecule has 0 saturated heterocycles. The third-order valence-electron chi connectivity index (χ3n) is 4.44. The summed E-state index contributed by atoms with van der Waals surface area (Å²) in [7, 11) is 0. The first-order valence-corrected chi connectivity index (χ1v) is 11.5. The number of benzene rings is 3. The lowest BCUT2D eigenvalue weighted by Gasteiger charge is -2.15. The minimum absolute atomic E-state index is 0.0657. The Balaban J connectivity index is 1.85. The molecule has 0 aliphatic heterocycles. The van der Waals surface area contributed by atoms with Crippen molar-refractivity contribution in [1.29, 1.82) is 5.26 Å². The van der Waals surface area contributed by atoms with Crippen LogP contribution in [-0.2, 0) is 11.4 Å². The second-order valence-electron chi connectivity index (χ2n) is 6.77. The van der Waals surface area contributed by atoms with Crippen LogP contribution >= 0.6 is 39.1 Å². The van der Waals surface area contributed by atoms with E-state index in [0.717, 1.165) is 5.56 Å². The van der Waals surface area contributed by atoms with Gasteiger partial charge in [0.1, 0.15) is 18.2 Å². The van der Waals surface area contributed by atoms with Gasteiger partial charge in [0.05, 0.1) is 11.1 Å². The summed E-state index contributed by atoms with van der Waals surface area (Å²) in [6, 6.07) is 19.4. The number of rotatable bonds is 8. The molecule has 3 aromatic rings. The lowest BCUT2D eigenvalue weighted by Crippen LogP contribution is -2.13. The summed E-state index contributed by atoms with van der Waals surface area (Å²) in [5.74, 6) is 0.437. The molecule has 0 unspecified atom stereocenters. The van der Waals surface area contributed by atoms with Crippen LogP contribution in [0.3, 0.4) is 0 Å². The maximum atomic E-state index is 12.6. The summed E-state index contributed by atoms with van der Waals surface area (Å²) >= 11 is 15.6. The van der Waals surface area contributed by atoms with Crippen LogP contribution in [0.4, 0.5) is 5.69 Å². The van der Waals surface area contributed by atoms with E-state index in [1.807, 2.05) is 31.2 Å². The second kappa shape index (κ2) is 11.8. The first-order valence-electron chi connectivity index (χ1n) is 9.92. The SMILES string of the molecule is CCOc1cc(/C=C(/C#N)C(=O)Nc2ccc(Cl)cc2)cc(Br)c1OCc1ccccc1Cl. The number of hydrogen-bond donors (Lipinski definition) is 1. The summed E-state index contributed by atoms with van der Waals surface area (Å²) in [6.07, 6.45) is 1.48. The highest BCUT2D eigenvalue weighted by Crippen LogP contribution is 2.38. The highest BCUT2D eigenvalue weighted by Gasteiger charge is 2.15. The maximum Gasteiger partial charge on any atom is 0.266 e. The maximum absolute atomic E-state index is 12.6. The van der Waals surface area contributed by atoms with Crippen LogP contribution in [0.5, 0.6) is 11.5 Å². The van der Waals surface area contributed by atoms with E-state index < -0.39 is 5.91 Å². The van der Waals surface area contributed by atoms with Crippen molar-refractivity contribution in [2.45, 2.75) is 13.5 Å². The first-order chi connectivity index (χ1) is 15.9. The molecule has 1 N–H and O–H groups in total. The van der Waals surface area contributed by atoms with Gasteiger partial charge in [-0.1, -0.05) is 41.4 Å². The zero-order valence-electron chi connectivity index (χ0n) is 17.6. The van der Waals surface area contributed by atoms with Crippen LogP contribution in [0.2, 0.25) is 10.0 Å². The minimum Gasteiger partial charge on any atom is -0.490 e. The zero-order chi connectivity index (χ0) is 23.8. The molecule has 0 aliphatic rings. The number of carbonyl (C=O) groups is 1. The van der Waals surface area contributed by atoms with Crippen LogP contribution < -0.4 is 14.8 Å². The molecular formula is C25H19BrCl2N2O3. The molecule has 0 aliphatic carbocycles. The van der Waals surface area contributed by atoms with Crippen LogP contribution in [-0.4, -0.2) is 12.5 Å². The van der Waals surface area contributed by atoms with E-state index in [1.165, 1.54) is 6.08 Å². The molecule has 5 nitrogen and oxygen atoms in total. The summed E-state index contributed by atoms with van der Waals surface area (Å²) in [4.78, 5) is 12.6. The normalized spacial score (nSPS) is 10.9. The molecule has 0 fully saturated rings. The van der Waals surface area contributed by atoms with E-state index in [-0.39, 0.29) is 12.2 Å². The standard InChI is InChI=1S/C25H19BrCl2N2O3/c1-2-32-23-13-16(11-18(14-29)25(31)30-20-9-7-19(27)8-10-20)12-21(26)24(23)33-15-17-5-3-4-6-22(17)28/h3-13H,2,15H2,1H3,(H,30,31)/b18-11-. The molecule has 0 saturated carbocycles. The highest BCUT2D eigenvalue weighted by molar-refractivity contribution is 9.10. The van der Waals surface area contributed by atoms with Crippen LogP contribution in [0.15, 0.2) is 70.7 Å². The minimum atomic E-state index is -0.534. The molecule has 0 atom stereocenters. The van der Waals surface area contributed by atoms with Gasteiger partial charge >= 0.3 is 0 Å². The Morgan fingerprint density at radius 3 is 2.52 bits per heavy atom. The van der Waals surface area contributed by atoms with Crippen molar-refractivity contribution < 1.29 is 14.3 Å². The Morgan fingerprint density at radius 1 is 1.12 bits per heavy atom. The van der Waals surface area contributed by atoms with Crippen LogP contribution in [0.1, 0.15) is 18.1 Å². The summed E-state index contributed by atoms with van der Waals surface area (Å²) < 4.78 is 12.3. The van der Waals surface area contributed by atoms with Gasteiger partial charge in [-0.05, 0) is 77.0 Å². The Labute approximate surface area is 210 Å². The molecule has 8 heteroatoms. The fourth-order valence-electron chi connectivity index (χ4n) is 2.89. The predicted molar refractivity (Wildman–Crippen MR) is 135 cm³/mol. The third-order valence-corrected chi connectivity index (χ3v) is 5.65. The van der Waals surface area contributed by atoms with Crippen molar-refractivity contribution >= 4 is 56.8 Å². The molecule has 0 heterocycles. The lowest BCUT2D eigenvalue weighted by atomic mass is 10.1. The lowest BCUT2D eigenvalue weighted by molar-refractivity contribution is -0.112. The Bertz CT molecular complexity index is 1220. The number of hydrogen-bond acceptors (Lipinski definition) is 4. The monoisotopic (exact) mass is 544 g/mol. The molecule has 1 amide bonds. The van der Waals surface area contributed by atoms with Crippen LogP contribution in [0, 0.1) is 11.3 Å². The van der Waals surface area contributed by atoms with Gasteiger partial charge in [0.25, 0.3) is 5.91 Å². The number of anilines is 1. The quantitative estimate of drug-likeness (QED) is 0.238. The Morgan fingerprint density at radius 2 is 1.85 bits per heavy atom. The van der Waals surface area contributed by atoms with E-state index in [0.29, 0.717) is 43.9 Å². The van der Waals surface area contributed by atoms with E-state index in [1.54, 1.807) is 42.5 Å². The first kappa shape index (κ1) is 24.7. The van der Waals surface area contributed by atoms with Gasteiger partial charge in [0.2, 0.25) is 0 Å². The number of nitrogens with zero attached hydrogens (tertiary/aromatic N) is 1. The number of ether oxygens (including phenoxy) is 2. The average Bonchev–Trinajstić information content (AvgIpc) is 2.79. The van der Waals surface area contributed by atoms with Crippen LogP contribution in [0.25, 0.3) is 6.08 Å². The van der Waals surface area contributed by atoms with Gasteiger partial charge in [-0.15, -0.1) is 0 Å². The average molecular weight is 546 g/mol. The van der Waals surface area contributed by atoms with Gasteiger partial charge in [0.15, 0.2) is 11.5 Å². The van der Waals surface area contributed by atoms with Crippen molar-refractivity contribution in [2.24, 2.45) is 0 Å². The molecular weight excluding hydrogens is 527 g/mol. The third kappa shape index (κ3) is 6.75. The number of carbonyl (C=O) groups excluding carboxylic acids is 1. The topological polar surface area (TPSA) is 71.3 Å². The molecule has 3 aromatic carbocycles. The van der Waals surface area contributed by atoms with Crippen molar-refractivity contribution in [3.8, 4) is 17.6 Å². The molecule has 0 radical (unpaired) electrons. The molecule has 0 aromatic heterocycles. The van der Waals surface area contributed by atoms with Crippen molar-refractivity contribution in [1.82, 2.24) is 0 Å². The van der Waals surface area contributed by atoms with Crippen molar-refractivity contribution in [3.05, 3.63) is 91.9 Å². The summed E-state index contributed by atoms with van der Waals surface area (Å²) in [6.45, 7) is 2.51. The van der Waals surface area contributed by atoms with Gasteiger partial charge in [-0.25, -0.2) is 0 Å². The van der Waals surface area contributed by atoms with E-state index >= 15 is 0 Å². The van der Waals surface area contributed by atoms with Crippen molar-refractivity contribution in [3.63, 3.8) is 0 Å². The number of nitrogens with one attached hydrogen (secondary N) is 1. The molecule has 3 rings (SSSR count). The summed E-state index contributed by atoms with van der Waals surface area (Å²) in [5.41, 5.74) is 1.90.